The topological polar surface area (TPSA) is 137 Å². The Morgan fingerprint density at radius 2 is 1.65 bits per heavy atom. The first kappa shape index (κ1) is 31.9. The van der Waals surface area contributed by atoms with Gasteiger partial charge in [-0.1, -0.05) is 53.2 Å². The summed E-state index contributed by atoms with van der Waals surface area (Å²) in [5.74, 6) is 0.904. The Kier molecular flexibility index (Phi) is 7.79. The second-order valence-corrected chi connectivity index (χ2v) is 16.7. The van der Waals surface area contributed by atoms with E-state index in [9.17, 15) is 30.3 Å². The Balaban J connectivity index is 1.32. The molecule has 5 aliphatic carbocycles. The lowest BCUT2D eigenvalue weighted by Crippen LogP contribution is -2.66. The van der Waals surface area contributed by atoms with E-state index in [4.69, 9.17) is 9.47 Å². The Morgan fingerprint density at radius 3 is 2.35 bits per heavy atom. The third-order valence-electron chi connectivity index (χ3n) is 15.2. The molecule has 0 spiro atoms. The van der Waals surface area contributed by atoms with E-state index in [-0.39, 0.29) is 41.3 Å². The Labute approximate surface area is 257 Å². The van der Waals surface area contributed by atoms with Gasteiger partial charge in [-0.2, -0.15) is 0 Å². The average Bonchev–Trinajstić information content (AvgIpc) is 2.96. The van der Waals surface area contributed by atoms with Crippen LogP contribution in [-0.4, -0.2) is 75.4 Å². The van der Waals surface area contributed by atoms with E-state index in [1.54, 1.807) is 0 Å². The van der Waals surface area contributed by atoms with Crippen LogP contribution in [0.5, 0.6) is 0 Å². The fourth-order valence-corrected chi connectivity index (χ4v) is 12.1. The zero-order valence-electron chi connectivity index (χ0n) is 27.1. The van der Waals surface area contributed by atoms with Crippen LogP contribution < -0.4 is 0 Å². The second kappa shape index (κ2) is 10.5. The summed E-state index contributed by atoms with van der Waals surface area (Å²) in [5.41, 5.74) is 0.0965. The molecule has 1 aliphatic heterocycles. The van der Waals surface area contributed by atoms with E-state index < -0.39 is 47.5 Å². The fraction of sp³-hybridized carbons (Fsp3) is 0.914. The average molecular weight is 605 g/mol. The molecule has 5 N–H and O–H groups in total. The number of ether oxygens (including phenoxy) is 2. The maximum absolute atomic E-state index is 13.0. The van der Waals surface area contributed by atoms with E-state index in [0.29, 0.717) is 24.2 Å². The third-order valence-corrected chi connectivity index (χ3v) is 15.2. The first-order valence-corrected chi connectivity index (χ1v) is 17.0. The lowest BCUT2D eigenvalue weighted by Gasteiger charge is -2.71. The number of hydrogen-bond donors (Lipinski definition) is 5. The molecule has 15 atom stereocenters. The molecule has 43 heavy (non-hydrogen) atoms. The molecule has 6 aliphatic rings. The molecule has 0 bridgehead atoms. The Morgan fingerprint density at radius 1 is 0.930 bits per heavy atom. The van der Waals surface area contributed by atoms with Gasteiger partial charge in [0.25, 0.3) is 0 Å². The number of hydrogen-bond acceptors (Lipinski definition) is 7. The highest BCUT2D eigenvalue weighted by atomic mass is 16.7. The molecule has 0 aromatic rings. The summed E-state index contributed by atoms with van der Waals surface area (Å²) in [7, 11) is 0. The highest BCUT2D eigenvalue weighted by Crippen LogP contribution is 2.75. The molecule has 5 fully saturated rings. The standard InChI is InChI=1S/C35H56O8/c1-19-9-14-35(30(40)41)16-15-33(5)21(26(35)20(19)2)7-8-24-31(3)12-11-25(37)32(4,23(31)10-13-34(24,33)6)18-43-29-28(39)27(38)22(36)17-42-29/h7,19-20,22-29,36-39H,8-18H2,1-6H3,(H,40,41). The molecule has 244 valence electrons. The first-order chi connectivity index (χ1) is 20.1. The largest absolute Gasteiger partial charge is 0.481 e. The van der Waals surface area contributed by atoms with Crippen LogP contribution in [0.3, 0.4) is 0 Å². The van der Waals surface area contributed by atoms with Crippen molar-refractivity contribution in [2.75, 3.05) is 13.2 Å². The van der Waals surface area contributed by atoms with Crippen LogP contribution in [0.2, 0.25) is 0 Å². The van der Waals surface area contributed by atoms with Gasteiger partial charge in [0.15, 0.2) is 6.29 Å². The molecule has 1 heterocycles. The predicted molar refractivity (Wildman–Crippen MR) is 161 cm³/mol. The second-order valence-electron chi connectivity index (χ2n) is 16.7. The third kappa shape index (κ3) is 4.25. The van der Waals surface area contributed by atoms with Crippen LogP contribution >= 0.6 is 0 Å². The summed E-state index contributed by atoms with van der Waals surface area (Å²) in [6.45, 7) is 14.2. The maximum atomic E-state index is 13.0. The summed E-state index contributed by atoms with van der Waals surface area (Å²) >= 11 is 0. The summed E-state index contributed by atoms with van der Waals surface area (Å²) in [6.07, 6.45) is 4.91. The van der Waals surface area contributed by atoms with Crippen molar-refractivity contribution in [3.63, 3.8) is 0 Å². The van der Waals surface area contributed by atoms with E-state index in [1.807, 2.05) is 0 Å². The lowest BCUT2D eigenvalue weighted by molar-refractivity contribution is -0.291. The zero-order chi connectivity index (χ0) is 31.3. The van der Waals surface area contributed by atoms with Gasteiger partial charge in [0, 0.05) is 5.41 Å². The van der Waals surface area contributed by atoms with Crippen molar-refractivity contribution in [3.8, 4) is 0 Å². The van der Waals surface area contributed by atoms with Crippen molar-refractivity contribution in [3.05, 3.63) is 11.6 Å². The minimum atomic E-state index is -1.36. The molecular formula is C35H56O8. The van der Waals surface area contributed by atoms with Crippen LogP contribution in [0.15, 0.2) is 11.6 Å². The van der Waals surface area contributed by atoms with Crippen molar-refractivity contribution in [2.45, 2.75) is 130 Å². The van der Waals surface area contributed by atoms with Crippen molar-refractivity contribution < 1.29 is 39.8 Å². The van der Waals surface area contributed by atoms with Crippen LogP contribution in [-0.2, 0) is 14.3 Å². The van der Waals surface area contributed by atoms with Gasteiger partial charge in [-0.3, -0.25) is 4.79 Å². The van der Waals surface area contributed by atoms with Crippen LogP contribution in [0, 0.1) is 56.7 Å². The quantitative estimate of drug-likeness (QED) is 0.296. The van der Waals surface area contributed by atoms with Gasteiger partial charge in [0.05, 0.1) is 24.7 Å². The minimum Gasteiger partial charge on any atom is -0.481 e. The van der Waals surface area contributed by atoms with Crippen LogP contribution in [0.25, 0.3) is 0 Å². The summed E-state index contributed by atoms with van der Waals surface area (Å²) in [5, 5.41) is 52.7. The van der Waals surface area contributed by atoms with Gasteiger partial charge < -0.3 is 35.0 Å². The normalized spacial score (nSPS) is 56.6. The number of aliphatic hydroxyl groups excluding tert-OH is 4. The Bertz CT molecular complexity index is 1140. The molecule has 8 nitrogen and oxygen atoms in total. The minimum absolute atomic E-state index is 0.0143. The lowest BCUT2D eigenvalue weighted by atomic mass is 9.33. The zero-order valence-corrected chi connectivity index (χ0v) is 27.1. The SMILES string of the molecule is CC1CCC2(C(=O)O)CCC3(C)C(=CCC4C5(C)CCC(O)C(C)(COC6OCC(O)C(O)C6O)C5CCC43C)C2C1C. The summed E-state index contributed by atoms with van der Waals surface area (Å²) in [6, 6.07) is 0. The monoisotopic (exact) mass is 604 g/mol. The van der Waals surface area contributed by atoms with Gasteiger partial charge in [-0.25, -0.2) is 0 Å². The van der Waals surface area contributed by atoms with Crippen molar-refractivity contribution in [1.29, 1.82) is 0 Å². The van der Waals surface area contributed by atoms with E-state index in [0.717, 1.165) is 51.4 Å². The summed E-state index contributed by atoms with van der Waals surface area (Å²) in [4.78, 5) is 13.0. The van der Waals surface area contributed by atoms with Crippen molar-refractivity contribution in [1.82, 2.24) is 0 Å². The molecule has 0 amide bonds. The van der Waals surface area contributed by atoms with E-state index >= 15 is 0 Å². The number of aliphatic hydroxyl groups is 4. The van der Waals surface area contributed by atoms with Crippen molar-refractivity contribution in [2.24, 2.45) is 56.7 Å². The molecule has 8 heteroatoms. The highest BCUT2D eigenvalue weighted by Gasteiger charge is 2.70. The number of aliphatic carboxylic acids is 1. The molecule has 1 saturated heterocycles. The van der Waals surface area contributed by atoms with E-state index in [1.165, 1.54) is 5.57 Å². The van der Waals surface area contributed by atoms with E-state index in [2.05, 4.69) is 47.6 Å². The van der Waals surface area contributed by atoms with Gasteiger partial charge in [0.1, 0.15) is 18.3 Å². The number of allylic oxidation sites excluding steroid dienone is 2. The number of carboxylic acid groups (broad SMARTS) is 1. The molecule has 15 unspecified atom stereocenters. The van der Waals surface area contributed by atoms with Crippen LogP contribution in [0.4, 0.5) is 0 Å². The fourth-order valence-electron chi connectivity index (χ4n) is 12.1. The van der Waals surface area contributed by atoms with Crippen LogP contribution in [0.1, 0.15) is 99.3 Å². The Hall–Kier alpha value is -1.03. The van der Waals surface area contributed by atoms with Gasteiger partial charge in [-0.15, -0.1) is 0 Å². The molecule has 0 aromatic carbocycles. The summed E-state index contributed by atoms with van der Waals surface area (Å²) < 4.78 is 11.7. The van der Waals surface area contributed by atoms with Gasteiger partial charge >= 0.3 is 5.97 Å². The predicted octanol–water partition coefficient (Wildman–Crippen LogP) is 4.53. The molecular weight excluding hydrogens is 548 g/mol. The molecule has 0 radical (unpaired) electrons. The number of carboxylic acids is 1. The van der Waals surface area contributed by atoms with Gasteiger partial charge in [0.2, 0.25) is 0 Å². The molecule has 0 aromatic heterocycles. The van der Waals surface area contributed by atoms with Crippen molar-refractivity contribution >= 4 is 5.97 Å². The number of fused-ring (bicyclic) bond motifs is 7. The smallest absolute Gasteiger partial charge is 0.310 e. The molecule has 4 saturated carbocycles. The van der Waals surface area contributed by atoms with Gasteiger partial charge in [-0.05, 0) is 104 Å². The number of rotatable bonds is 4. The molecule has 6 rings (SSSR count). The first-order valence-electron chi connectivity index (χ1n) is 17.0. The number of carbonyl (C=O) groups is 1. The highest BCUT2D eigenvalue weighted by molar-refractivity contribution is 5.76. The maximum Gasteiger partial charge on any atom is 0.310 e.